The lowest BCUT2D eigenvalue weighted by Crippen LogP contribution is -2.64. The van der Waals surface area contributed by atoms with E-state index < -0.39 is 5.41 Å². The zero-order valence-corrected chi connectivity index (χ0v) is 16.7. The Bertz CT molecular complexity index is 1110. The topological polar surface area (TPSA) is 36.4 Å². The largest absolute Gasteiger partial charge is 0.369 e. The highest BCUT2D eigenvalue weighted by molar-refractivity contribution is 9.10. The van der Waals surface area contributed by atoms with Crippen LogP contribution >= 0.6 is 27.5 Å². The van der Waals surface area contributed by atoms with Gasteiger partial charge in [-0.3, -0.25) is 9.78 Å². The van der Waals surface area contributed by atoms with Gasteiger partial charge in [0.2, 0.25) is 5.91 Å². The third-order valence-electron chi connectivity index (χ3n) is 5.56. The number of benzene rings is 2. The Hall–Kier alpha value is -2.18. The molecule has 1 aromatic heterocycles. The van der Waals surface area contributed by atoms with Gasteiger partial charge in [-0.05, 0) is 46.3 Å². The number of rotatable bonds is 1. The molecule has 0 bridgehead atoms. The molecule has 136 valence electrons. The predicted octanol–water partition coefficient (Wildman–Crippen LogP) is 4.52. The summed E-state index contributed by atoms with van der Waals surface area (Å²) < 4.78 is 14.3. The van der Waals surface area contributed by atoms with Crippen LogP contribution < -0.4 is 9.80 Å². The van der Waals surface area contributed by atoms with E-state index >= 15 is 0 Å². The number of nitrogens with zero attached hydrogens (tertiary/aromatic N) is 3. The molecule has 7 heteroatoms. The van der Waals surface area contributed by atoms with Gasteiger partial charge in [0.1, 0.15) is 11.2 Å². The smallest absolute Gasteiger partial charge is 0.241 e. The van der Waals surface area contributed by atoms with Gasteiger partial charge in [0.15, 0.2) is 0 Å². The summed E-state index contributed by atoms with van der Waals surface area (Å²) in [6.45, 7) is 1.14. The average Bonchev–Trinajstić information content (AvgIpc) is 2.84. The van der Waals surface area contributed by atoms with E-state index in [1.54, 1.807) is 24.2 Å². The van der Waals surface area contributed by atoms with Gasteiger partial charge in [-0.15, -0.1) is 0 Å². The molecule has 27 heavy (non-hydrogen) atoms. The van der Waals surface area contributed by atoms with E-state index in [9.17, 15) is 9.18 Å². The number of aromatic nitrogens is 1. The van der Waals surface area contributed by atoms with Crippen molar-refractivity contribution < 1.29 is 9.18 Å². The van der Waals surface area contributed by atoms with Gasteiger partial charge in [-0.1, -0.05) is 11.6 Å². The van der Waals surface area contributed by atoms with E-state index in [2.05, 4.69) is 25.8 Å². The standard InChI is InChI=1S/C20H14BrClFN3O/c1-25-17-8-24-16-7-15(23)14(21)6-13(16)18(17)20(19(25)27)9-26(10-20)12-4-2-11(22)3-5-12/h2-8H,9-10H2,1H3. The van der Waals surface area contributed by atoms with Crippen molar-refractivity contribution >= 4 is 55.7 Å². The molecule has 0 atom stereocenters. The first-order valence-corrected chi connectivity index (χ1v) is 9.65. The highest BCUT2D eigenvalue weighted by Gasteiger charge is 2.58. The van der Waals surface area contributed by atoms with Gasteiger partial charge in [0.05, 0.1) is 21.9 Å². The molecule has 3 aromatic rings. The van der Waals surface area contributed by atoms with Crippen LogP contribution in [0.3, 0.4) is 0 Å². The molecule has 0 radical (unpaired) electrons. The third kappa shape index (κ3) is 2.26. The Morgan fingerprint density at radius 1 is 1.22 bits per heavy atom. The Labute approximate surface area is 168 Å². The first-order chi connectivity index (χ1) is 12.9. The normalized spacial score (nSPS) is 17.6. The summed E-state index contributed by atoms with van der Waals surface area (Å²) in [5, 5.41) is 1.49. The minimum atomic E-state index is -0.637. The molecule has 3 heterocycles. The van der Waals surface area contributed by atoms with E-state index in [4.69, 9.17) is 11.6 Å². The monoisotopic (exact) mass is 445 g/mol. The SMILES string of the molecule is CN1C(=O)C2(CN(c3ccc(Cl)cc3)C2)c2c1cnc1cc(F)c(Br)cc21. The molecule has 1 amide bonds. The number of halogens is 3. The number of carbonyl (C=O) groups excluding carboxylic acids is 1. The van der Waals surface area contributed by atoms with Crippen LogP contribution in [0.25, 0.3) is 10.9 Å². The highest BCUT2D eigenvalue weighted by atomic mass is 79.9. The molecule has 1 spiro atoms. The van der Waals surface area contributed by atoms with Gasteiger partial charge in [0.25, 0.3) is 0 Å². The molecule has 2 aliphatic heterocycles. The lowest BCUT2D eigenvalue weighted by molar-refractivity contribution is -0.123. The number of anilines is 2. The van der Waals surface area contributed by atoms with Crippen molar-refractivity contribution in [3.63, 3.8) is 0 Å². The summed E-state index contributed by atoms with van der Waals surface area (Å²) in [6, 6.07) is 10.7. The lowest BCUT2D eigenvalue weighted by atomic mass is 9.73. The maximum absolute atomic E-state index is 14.0. The zero-order valence-electron chi connectivity index (χ0n) is 14.3. The Morgan fingerprint density at radius 3 is 2.63 bits per heavy atom. The van der Waals surface area contributed by atoms with E-state index in [0.717, 1.165) is 22.3 Å². The number of hydrogen-bond acceptors (Lipinski definition) is 3. The third-order valence-corrected chi connectivity index (χ3v) is 6.42. The second-order valence-corrected chi connectivity index (χ2v) is 8.37. The molecule has 1 saturated heterocycles. The summed E-state index contributed by atoms with van der Waals surface area (Å²) in [5.41, 5.74) is 2.68. The summed E-state index contributed by atoms with van der Waals surface area (Å²) >= 11 is 9.24. The molecule has 2 aliphatic rings. The molecule has 0 N–H and O–H groups in total. The van der Waals surface area contributed by atoms with Gasteiger partial charge in [0, 0.05) is 47.9 Å². The Kier molecular flexibility index (Phi) is 3.55. The molecule has 0 saturated carbocycles. The molecule has 4 nitrogen and oxygen atoms in total. The quantitative estimate of drug-likeness (QED) is 0.551. The summed E-state index contributed by atoms with van der Waals surface area (Å²) in [5.74, 6) is -0.310. The van der Waals surface area contributed by atoms with E-state index in [1.165, 1.54) is 6.07 Å². The number of likely N-dealkylation sites (N-methyl/N-ethyl adjacent to an activating group) is 1. The van der Waals surface area contributed by atoms with Crippen LogP contribution in [0.4, 0.5) is 15.8 Å². The first kappa shape index (κ1) is 17.0. The molecule has 2 aromatic carbocycles. The van der Waals surface area contributed by atoms with Crippen LogP contribution in [0, 0.1) is 5.82 Å². The van der Waals surface area contributed by atoms with Crippen LogP contribution in [0.2, 0.25) is 5.02 Å². The minimum Gasteiger partial charge on any atom is -0.369 e. The maximum Gasteiger partial charge on any atom is 0.241 e. The lowest BCUT2D eigenvalue weighted by Gasteiger charge is -2.48. The molecule has 5 rings (SSSR count). The van der Waals surface area contributed by atoms with Crippen molar-refractivity contribution in [1.82, 2.24) is 4.98 Å². The number of carbonyl (C=O) groups is 1. The summed E-state index contributed by atoms with van der Waals surface area (Å²) in [4.78, 5) is 21.3. The predicted molar refractivity (Wildman–Crippen MR) is 108 cm³/mol. The molecular formula is C20H14BrClFN3O. The maximum atomic E-state index is 14.0. The van der Waals surface area contributed by atoms with Gasteiger partial charge < -0.3 is 9.80 Å². The highest BCUT2D eigenvalue weighted by Crippen LogP contribution is 2.50. The number of amides is 1. The Morgan fingerprint density at radius 2 is 1.93 bits per heavy atom. The number of hydrogen-bond donors (Lipinski definition) is 0. The second-order valence-electron chi connectivity index (χ2n) is 7.08. The molecule has 1 fully saturated rings. The fourth-order valence-electron chi connectivity index (χ4n) is 4.20. The van der Waals surface area contributed by atoms with Crippen molar-refractivity contribution in [2.24, 2.45) is 0 Å². The Balaban J connectivity index is 1.64. The molecule has 0 unspecified atom stereocenters. The fourth-order valence-corrected chi connectivity index (χ4v) is 4.67. The summed E-state index contributed by atoms with van der Waals surface area (Å²) in [7, 11) is 1.77. The van der Waals surface area contributed by atoms with Gasteiger partial charge >= 0.3 is 0 Å². The van der Waals surface area contributed by atoms with Crippen molar-refractivity contribution in [2.75, 3.05) is 29.9 Å². The van der Waals surface area contributed by atoms with Crippen LogP contribution in [-0.2, 0) is 10.2 Å². The van der Waals surface area contributed by atoms with E-state index in [0.29, 0.717) is 28.1 Å². The zero-order chi connectivity index (χ0) is 18.9. The molecular weight excluding hydrogens is 433 g/mol. The van der Waals surface area contributed by atoms with Crippen LogP contribution in [-0.4, -0.2) is 31.0 Å². The van der Waals surface area contributed by atoms with Crippen LogP contribution in [0.15, 0.2) is 47.1 Å². The van der Waals surface area contributed by atoms with E-state index in [1.807, 2.05) is 24.3 Å². The summed E-state index contributed by atoms with van der Waals surface area (Å²) in [6.07, 6.45) is 1.67. The minimum absolute atomic E-state index is 0.0532. The van der Waals surface area contributed by atoms with Crippen molar-refractivity contribution in [2.45, 2.75) is 5.41 Å². The van der Waals surface area contributed by atoms with Crippen molar-refractivity contribution in [3.05, 3.63) is 63.5 Å². The number of pyridine rings is 1. The van der Waals surface area contributed by atoms with E-state index in [-0.39, 0.29) is 11.7 Å². The first-order valence-electron chi connectivity index (χ1n) is 8.48. The van der Waals surface area contributed by atoms with Gasteiger partial charge in [-0.25, -0.2) is 4.39 Å². The van der Waals surface area contributed by atoms with Crippen molar-refractivity contribution in [3.8, 4) is 0 Å². The van der Waals surface area contributed by atoms with Crippen LogP contribution in [0.1, 0.15) is 5.56 Å². The molecule has 0 aliphatic carbocycles. The average molecular weight is 447 g/mol. The van der Waals surface area contributed by atoms with Crippen molar-refractivity contribution in [1.29, 1.82) is 0 Å². The van der Waals surface area contributed by atoms with Gasteiger partial charge in [-0.2, -0.15) is 0 Å². The number of fused-ring (bicyclic) bond motifs is 4. The van der Waals surface area contributed by atoms with Crippen LogP contribution in [0.5, 0.6) is 0 Å². The second kappa shape index (κ2) is 5.66. The fraction of sp³-hybridized carbons (Fsp3) is 0.200.